The molecule has 0 aromatic heterocycles. The molecule has 0 saturated carbocycles. The van der Waals surface area contributed by atoms with E-state index < -0.39 is 35.6 Å². The Hall–Kier alpha value is -2.38. The minimum absolute atomic E-state index is 0.0980. The number of halogens is 3. The fourth-order valence-electron chi connectivity index (χ4n) is 2.81. The van der Waals surface area contributed by atoms with E-state index in [1.54, 1.807) is 27.7 Å². The molecule has 2 rings (SSSR count). The molecule has 5 nitrogen and oxygen atoms in total. The molecule has 28 heavy (non-hydrogen) atoms. The predicted molar refractivity (Wildman–Crippen MR) is 98.0 cm³/mol. The number of piperidine rings is 1. The minimum atomic E-state index is -4.45. The van der Waals surface area contributed by atoms with Crippen LogP contribution in [0, 0.1) is 0 Å². The minimum Gasteiger partial charge on any atom is -0.490 e. The zero-order chi connectivity index (χ0) is 21.1. The summed E-state index contributed by atoms with van der Waals surface area (Å²) in [7, 11) is 0. The molecule has 1 fully saturated rings. The number of ether oxygens (including phenoxy) is 3. The van der Waals surface area contributed by atoms with Crippen molar-refractivity contribution < 1.29 is 32.2 Å². The van der Waals surface area contributed by atoms with Crippen molar-refractivity contribution in [1.82, 2.24) is 4.90 Å². The van der Waals surface area contributed by atoms with Crippen LogP contribution in [-0.4, -0.2) is 41.9 Å². The number of hydrogen-bond acceptors (Lipinski definition) is 4. The third kappa shape index (κ3) is 6.35. The molecule has 0 radical (unpaired) electrons. The van der Waals surface area contributed by atoms with Crippen LogP contribution in [0.5, 0.6) is 5.75 Å². The Morgan fingerprint density at radius 3 is 2.46 bits per heavy atom. The second-order valence-electron chi connectivity index (χ2n) is 7.76. The van der Waals surface area contributed by atoms with Gasteiger partial charge in [-0.05, 0) is 45.9 Å². The number of rotatable bonds is 4. The average molecular weight is 401 g/mol. The van der Waals surface area contributed by atoms with Gasteiger partial charge in [0.25, 0.3) is 0 Å². The lowest BCUT2D eigenvalue weighted by atomic mass is 10.0. The summed E-state index contributed by atoms with van der Waals surface area (Å²) in [6.07, 6.45) is -5.65. The van der Waals surface area contributed by atoms with Crippen molar-refractivity contribution in [2.24, 2.45) is 0 Å². The molecule has 0 N–H and O–H groups in total. The van der Waals surface area contributed by atoms with Gasteiger partial charge in [-0.15, -0.1) is 0 Å². The molecule has 1 saturated heterocycles. The van der Waals surface area contributed by atoms with Crippen molar-refractivity contribution in [3.05, 3.63) is 42.2 Å². The van der Waals surface area contributed by atoms with Crippen molar-refractivity contribution in [3.63, 3.8) is 0 Å². The van der Waals surface area contributed by atoms with Gasteiger partial charge in [-0.1, -0.05) is 12.6 Å². The number of carbonyl (C=O) groups excluding carboxylic acids is 1. The summed E-state index contributed by atoms with van der Waals surface area (Å²) in [5.74, 6) is 0.523. The number of likely N-dealkylation sites (tertiary alicyclic amines) is 1. The van der Waals surface area contributed by atoms with E-state index in [0.717, 1.165) is 12.1 Å². The molecule has 156 valence electrons. The summed E-state index contributed by atoms with van der Waals surface area (Å²) in [5, 5.41) is 0. The highest BCUT2D eigenvalue weighted by Crippen LogP contribution is 2.32. The maximum Gasteiger partial charge on any atom is 0.416 e. The molecule has 1 aliphatic heterocycles. The SMILES string of the molecule is C=C(C)OC1CN(C(=O)OC(C)(C)C)CCC1Oc1cccc(C(F)(F)F)c1. The first-order chi connectivity index (χ1) is 12.8. The van der Waals surface area contributed by atoms with Gasteiger partial charge in [0.15, 0.2) is 6.10 Å². The molecule has 8 heteroatoms. The second-order valence-corrected chi connectivity index (χ2v) is 7.76. The number of benzene rings is 1. The lowest BCUT2D eigenvalue weighted by Gasteiger charge is -2.38. The van der Waals surface area contributed by atoms with Crippen molar-refractivity contribution in [2.75, 3.05) is 13.1 Å². The van der Waals surface area contributed by atoms with E-state index in [-0.39, 0.29) is 12.3 Å². The molecule has 1 aromatic carbocycles. The quantitative estimate of drug-likeness (QED) is 0.666. The fourth-order valence-corrected chi connectivity index (χ4v) is 2.81. The van der Waals surface area contributed by atoms with Crippen LogP contribution in [0.1, 0.15) is 39.7 Å². The van der Waals surface area contributed by atoms with Crippen LogP contribution in [0.4, 0.5) is 18.0 Å². The highest BCUT2D eigenvalue weighted by molar-refractivity contribution is 5.68. The van der Waals surface area contributed by atoms with Crippen LogP contribution in [0.3, 0.4) is 0 Å². The third-order valence-corrected chi connectivity index (χ3v) is 3.95. The number of amides is 1. The molecule has 0 bridgehead atoms. The molecule has 2 atom stereocenters. The lowest BCUT2D eigenvalue weighted by molar-refractivity contribution is -0.137. The molecule has 1 heterocycles. The molecule has 0 spiro atoms. The summed E-state index contributed by atoms with van der Waals surface area (Å²) in [6, 6.07) is 4.70. The number of allylic oxidation sites excluding steroid dienone is 1. The first kappa shape index (κ1) is 21.9. The summed E-state index contributed by atoms with van der Waals surface area (Å²) in [6.45, 7) is 11.2. The zero-order valence-electron chi connectivity index (χ0n) is 16.5. The van der Waals surface area contributed by atoms with Crippen LogP contribution in [0.15, 0.2) is 36.6 Å². The van der Waals surface area contributed by atoms with E-state index in [0.29, 0.717) is 18.7 Å². The van der Waals surface area contributed by atoms with Gasteiger partial charge in [-0.3, -0.25) is 0 Å². The van der Waals surface area contributed by atoms with E-state index in [4.69, 9.17) is 14.2 Å². The number of hydrogen-bond donors (Lipinski definition) is 0. The van der Waals surface area contributed by atoms with E-state index in [2.05, 4.69) is 6.58 Å². The van der Waals surface area contributed by atoms with Gasteiger partial charge in [0.05, 0.1) is 17.9 Å². The van der Waals surface area contributed by atoms with E-state index in [1.165, 1.54) is 17.0 Å². The maximum absolute atomic E-state index is 12.9. The largest absolute Gasteiger partial charge is 0.490 e. The maximum atomic E-state index is 12.9. The Morgan fingerprint density at radius 1 is 1.21 bits per heavy atom. The lowest BCUT2D eigenvalue weighted by Crippen LogP contribution is -2.52. The Bertz CT molecular complexity index is 712. The van der Waals surface area contributed by atoms with Crippen molar-refractivity contribution >= 4 is 6.09 Å². The van der Waals surface area contributed by atoms with Crippen LogP contribution in [0.25, 0.3) is 0 Å². The second kappa shape index (κ2) is 8.32. The molecule has 1 aliphatic rings. The Balaban J connectivity index is 2.12. The Kier molecular flexibility index (Phi) is 6.52. The van der Waals surface area contributed by atoms with Crippen LogP contribution in [0.2, 0.25) is 0 Å². The van der Waals surface area contributed by atoms with Gasteiger partial charge in [0, 0.05) is 13.0 Å². The fraction of sp³-hybridized carbons (Fsp3) is 0.550. The van der Waals surface area contributed by atoms with Gasteiger partial charge >= 0.3 is 12.3 Å². The van der Waals surface area contributed by atoms with Gasteiger partial charge in [-0.2, -0.15) is 13.2 Å². The smallest absolute Gasteiger partial charge is 0.416 e. The number of alkyl halides is 3. The van der Waals surface area contributed by atoms with E-state index >= 15 is 0 Å². The van der Waals surface area contributed by atoms with Gasteiger partial charge in [0.2, 0.25) is 0 Å². The van der Waals surface area contributed by atoms with Gasteiger partial charge in [0.1, 0.15) is 17.5 Å². The predicted octanol–water partition coefficient (Wildman–Crippen LogP) is 5.01. The standard InChI is InChI=1S/C20H26F3NO4/c1-13(2)26-17-12-24(18(25)28-19(3,4)5)10-9-16(17)27-15-8-6-7-14(11-15)20(21,22)23/h6-8,11,16-17H,1,9-10,12H2,2-5H3. The molecular weight excluding hydrogens is 375 g/mol. The van der Waals surface area contributed by atoms with Crippen molar-refractivity contribution in [2.45, 2.75) is 58.1 Å². The first-order valence-electron chi connectivity index (χ1n) is 8.99. The van der Waals surface area contributed by atoms with E-state index in [1.807, 2.05) is 0 Å². The van der Waals surface area contributed by atoms with Crippen molar-refractivity contribution in [3.8, 4) is 5.75 Å². The van der Waals surface area contributed by atoms with Gasteiger partial charge < -0.3 is 19.1 Å². The number of carbonyl (C=O) groups is 1. The zero-order valence-corrected chi connectivity index (χ0v) is 16.5. The molecule has 2 unspecified atom stereocenters. The molecule has 1 amide bonds. The van der Waals surface area contributed by atoms with Crippen LogP contribution >= 0.6 is 0 Å². The summed E-state index contributed by atoms with van der Waals surface area (Å²) in [5.41, 5.74) is -1.42. The van der Waals surface area contributed by atoms with Crippen LogP contribution < -0.4 is 4.74 Å². The highest BCUT2D eigenvalue weighted by atomic mass is 19.4. The molecule has 1 aromatic rings. The molecular formula is C20H26F3NO4. The summed E-state index contributed by atoms with van der Waals surface area (Å²) in [4.78, 5) is 13.8. The number of nitrogens with zero attached hydrogens (tertiary/aromatic N) is 1. The van der Waals surface area contributed by atoms with Gasteiger partial charge in [-0.25, -0.2) is 4.79 Å². The third-order valence-electron chi connectivity index (χ3n) is 3.95. The molecule has 0 aliphatic carbocycles. The highest BCUT2D eigenvalue weighted by Gasteiger charge is 2.37. The normalized spacial score (nSPS) is 20.5. The van der Waals surface area contributed by atoms with Crippen molar-refractivity contribution in [1.29, 1.82) is 0 Å². The monoisotopic (exact) mass is 401 g/mol. The Morgan fingerprint density at radius 2 is 1.89 bits per heavy atom. The summed E-state index contributed by atoms with van der Waals surface area (Å²) < 4.78 is 55.6. The average Bonchev–Trinajstić information content (AvgIpc) is 2.54. The Labute approximate surface area is 163 Å². The van der Waals surface area contributed by atoms with Crippen LogP contribution in [-0.2, 0) is 15.7 Å². The van der Waals surface area contributed by atoms with E-state index in [9.17, 15) is 18.0 Å². The topological polar surface area (TPSA) is 48.0 Å². The summed E-state index contributed by atoms with van der Waals surface area (Å²) >= 11 is 0. The first-order valence-corrected chi connectivity index (χ1v) is 8.99.